The quantitative estimate of drug-likeness (QED) is 0.735. The summed E-state index contributed by atoms with van der Waals surface area (Å²) in [6.45, 7) is 5.75. The summed E-state index contributed by atoms with van der Waals surface area (Å²) < 4.78 is 4.69. The molecule has 3 rings (SSSR count). The van der Waals surface area contributed by atoms with Crippen LogP contribution in [0.2, 0.25) is 5.02 Å². The minimum atomic E-state index is -0.369. The summed E-state index contributed by atoms with van der Waals surface area (Å²) in [6.07, 6.45) is 0. The van der Waals surface area contributed by atoms with E-state index in [0.717, 1.165) is 42.5 Å². The molecular weight excluding hydrogens is 390 g/mol. The number of nitrogens with zero attached hydrogens (tertiary/aromatic N) is 2. The molecule has 0 spiro atoms. The maximum absolute atomic E-state index is 12.6. The first-order valence-corrected chi connectivity index (χ1v) is 10.1. The van der Waals surface area contributed by atoms with Gasteiger partial charge in [0.15, 0.2) is 0 Å². The van der Waals surface area contributed by atoms with E-state index in [1.54, 1.807) is 12.1 Å². The first-order chi connectivity index (χ1) is 14.0. The molecule has 2 aromatic rings. The zero-order valence-electron chi connectivity index (χ0n) is 16.7. The van der Waals surface area contributed by atoms with E-state index in [4.69, 9.17) is 16.3 Å². The van der Waals surface area contributed by atoms with Crippen molar-refractivity contribution in [2.75, 3.05) is 38.2 Å². The van der Waals surface area contributed by atoms with Crippen LogP contribution >= 0.6 is 11.6 Å². The fraction of sp³-hybridized carbons (Fsp3) is 0.364. The number of rotatable bonds is 6. The van der Waals surface area contributed by atoms with Crippen LogP contribution in [0.3, 0.4) is 0 Å². The molecule has 1 fully saturated rings. The Morgan fingerprint density at radius 3 is 2.24 bits per heavy atom. The van der Waals surface area contributed by atoms with Crippen LogP contribution < -0.4 is 10.2 Å². The Morgan fingerprint density at radius 1 is 1.03 bits per heavy atom. The maximum Gasteiger partial charge on any atom is 0.337 e. The number of benzene rings is 2. The Labute approximate surface area is 176 Å². The number of amides is 1. The smallest absolute Gasteiger partial charge is 0.337 e. The second-order valence-electron chi connectivity index (χ2n) is 7.08. The number of hydrogen-bond acceptors (Lipinski definition) is 5. The van der Waals surface area contributed by atoms with Crippen molar-refractivity contribution in [1.29, 1.82) is 0 Å². The number of esters is 1. The maximum atomic E-state index is 12.6. The summed E-state index contributed by atoms with van der Waals surface area (Å²) in [5.41, 5.74) is 2.59. The van der Waals surface area contributed by atoms with E-state index >= 15 is 0 Å². The number of halogens is 1. The van der Waals surface area contributed by atoms with Gasteiger partial charge in [0, 0.05) is 43.4 Å². The second-order valence-corrected chi connectivity index (χ2v) is 7.52. The molecule has 0 aliphatic carbocycles. The van der Waals surface area contributed by atoms with Crippen LogP contribution in [0.5, 0.6) is 0 Å². The molecule has 2 aromatic carbocycles. The number of piperazine rings is 1. The predicted octanol–water partition coefficient (Wildman–Crippen LogP) is 2.95. The lowest BCUT2D eigenvalue weighted by Crippen LogP contribution is -2.53. The van der Waals surface area contributed by atoms with Crippen molar-refractivity contribution in [3.05, 3.63) is 64.7 Å². The van der Waals surface area contributed by atoms with Crippen LogP contribution in [0.25, 0.3) is 0 Å². The van der Waals surface area contributed by atoms with Crippen LogP contribution in [-0.4, -0.2) is 56.1 Å². The van der Waals surface area contributed by atoms with E-state index < -0.39 is 0 Å². The van der Waals surface area contributed by atoms with Gasteiger partial charge in [0.05, 0.1) is 18.7 Å². The van der Waals surface area contributed by atoms with E-state index in [1.807, 2.05) is 43.3 Å². The molecule has 1 saturated heterocycles. The molecule has 29 heavy (non-hydrogen) atoms. The average molecular weight is 416 g/mol. The molecule has 1 aliphatic heterocycles. The molecule has 0 radical (unpaired) electrons. The van der Waals surface area contributed by atoms with Crippen molar-refractivity contribution in [3.63, 3.8) is 0 Å². The van der Waals surface area contributed by atoms with Gasteiger partial charge in [-0.05, 0) is 48.9 Å². The van der Waals surface area contributed by atoms with E-state index in [9.17, 15) is 9.59 Å². The number of ether oxygens (including phenoxy) is 1. The van der Waals surface area contributed by atoms with Gasteiger partial charge in [-0.2, -0.15) is 0 Å². The molecule has 154 valence electrons. The Bertz CT molecular complexity index is 831. The molecule has 6 nitrogen and oxygen atoms in total. The second kappa shape index (κ2) is 9.76. The van der Waals surface area contributed by atoms with E-state index in [2.05, 4.69) is 15.1 Å². The lowest BCUT2D eigenvalue weighted by Gasteiger charge is -2.38. The molecule has 0 bridgehead atoms. The predicted molar refractivity (Wildman–Crippen MR) is 114 cm³/mol. The highest BCUT2D eigenvalue weighted by molar-refractivity contribution is 6.30. The van der Waals surface area contributed by atoms with Crippen LogP contribution in [0.1, 0.15) is 22.8 Å². The highest BCUT2D eigenvalue weighted by Crippen LogP contribution is 2.20. The summed E-state index contributed by atoms with van der Waals surface area (Å²) in [4.78, 5) is 28.6. The molecule has 1 aliphatic rings. The summed E-state index contributed by atoms with van der Waals surface area (Å²) in [5.74, 6) is -0.367. The van der Waals surface area contributed by atoms with Crippen LogP contribution in [0.15, 0.2) is 48.5 Å². The molecule has 1 N–H and O–H groups in total. The topological polar surface area (TPSA) is 61.9 Å². The summed E-state index contributed by atoms with van der Waals surface area (Å²) in [5, 5.41) is 3.72. The van der Waals surface area contributed by atoms with Crippen molar-refractivity contribution >= 4 is 29.2 Å². The number of nitrogens with one attached hydrogen (secondary N) is 1. The highest BCUT2D eigenvalue weighted by Gasteiger charge is 2.25. The van der Waals surface area contributed by atoms with E-state index in [0.29, 0.717) is 12.1 Å². The summed E-state index contributed by atoms with van der Waals surface area (Å²) in [6, 6.07) is 14.7. The third-order valence-corrected chi connectivity index (χ3v) is 5.53. The molecule has 1 amide bonds. The van der Waals surface area contributed by atoms with Gasteiger partial charge >= 0.3 is 5.97 Å². The zero-order valence-corrected chi connectivity index (χ0v) is 17.5. The lowest BCUT2D eigenvalue weighted by atomic mass is 10.1. The van der Waals surface area contributed by atoms with Crippen LogP contribution in [0, 0.1) is 0 Å². The Hall–Kier alpha value is -2.57. The Kier molecular flexibility index (Phi) is 7.12. The van der Waals surface area contributed by atoms with Crippen molar-refractivity contribution in [2.45, 2.75) is 19.5 Å². The fourth-order valence-electron chi connectivity index (χ4n) is 3.40. The first-order valence-electron chi connectivity index (χ1n) is 9.67. The van der Waals surface area contributed by atoms with Gasteiger partial charge < -0.3 is 15.0 Å². The number of methoxy groups -OCH3 is 1. The molecule has 0 saturated carbocycles. The van der Waals surface area contributed by atoms with Crippen LogP contribution in [0.4, 0.5) is 5.69 Å². The van der Waals surface area contributed by atoms with Gasteiger partial charge in [0.2, 0.25) is 5.91 Å². The Balaban J connectivity index is 1.47. The molecular formula is C22H26ClN3O3. The zero-order chi connectivity index (χ0) is 20.8. The largest absolute Gasteiger partial charge is 0.465 e. The number of anilines is 1. The van der Waals surface area contributed by atoms with Gasteiger partial charge in [-0.25, -0.2) is 4.79 Å². The van der Waals surface area contributed by atoms with Gasteiger partial charge in [0.1, 0.15) is 0 Å². The van der Waals surface area contributed by atoms with Gasteiger partial charge in [-0.3, -0.25) is 9.69 Å². The third kappa shape index (κ3) is 5.49. The Morgan fingerprint density at radius 2 is 1.66 bits per heavy atom. The monoisotopic (exact) mass is 415 g/mol. The highest BCUT2D eigenvalue weighted by atomic mass is 35.5. The van der Waals surface area contributed by atoms with Gasteiger partial charge in [-0.15, -0.1) is 0 Å². The minimum Gasteiger partial charge on any atom is -0.465 e. The van der Waals surface area contributed by atoms with Gasteiger partial charge in [0.25, 0.3) is 0 Å². The molecule has 7 heteroatoms. The minimum absolute atomic E-state index is 0.00184. The molecule has 1 atom stereocenters. The van der Waals surface area contributed by atoms with E-state index in [-0.39, 0.29) is 17.9 Å². The first kappa shape index (κ1) is 21.1. The summed E-state index contributed by atoms with van der Waals surface area (Å²) >= 11 is 5.96. The summed E-state index contributed by atoms with van der Waals surface area (Å²) in [7, 11) is 1.35. The van der Waals surface area contributed by atoms with Crippen LogP contribution in [-0.2, 0) is 16.1 Å². The number of hydrogen-bond donors (Lipinski definition) is 1. The molecule has 0 aromatic heterocycles. The SMILES string of the molecule is COC(=O)c1ccc(CNC(=O)C(C)N2CCN(c3ccc(Cl)cc3)CC2)cc1. The van der Waals surface area contributed by atoms with Crippen molar-refractivity contribution in [1.82, 2.24) is 10.2 Å². The van der Waals surface area contributed by atoms with E-state index in [1.165, 1.54) is 7.11 Å². The normalized spacial score (nSPS) is 15.6. The molecule has 1 unspecified atom stereocenters. The van der Waals surface area contributed by atoms with Crippen molar-refractivity contribution < 1.29 is 14.3 Å². The average Bonchev–Trinajstić information content (AvgIpc) is 2.77. The van der Waals surface area contributed by atoms with Crippen molar-refractivity contribution in [3.8, 4) is 0 Å². The van der Waals surface area contributed by atoms with Crippen molar-refractivity contribution in [2.24, 2.45) is 0 Å². The lowest BCUT2D eigenvalue weighted by molar-refractivity contribution is -0.126. The fourth-order valence-corrected chi connectivity index (χ4v) is 3.52. The standard InChI is InChI=1S/C22H26ClN3O3/c1-16(21(27)24-15-17-3-5-18(6-4-17)22(28)29-2)25-11-13-26(14-12-25)20-9-7-19(23)8-10-20/h3-10,16H,11-15H2,1-2H3,(H,24,27). The molecule has 1 heterocycles. The third-order valence-electron chi connectivity index (χ3n) is 5.27. The van der Waals surface area contributed by atoms with Gasteiger partial charge in [-0.1, -0.05) is 23.7 Å². The number of carbonyl (C=O) groups excluding carboxylic acids is 2. The number of carbonyl (C=O) groups is 2.